The van der Waals surface area contributed by atoms with Gasteiger partial charge in [-0.2, -0.15) is 4.98 Å². The molecular formula is C17H21N6O5P. The lowest BCUT2D eigenvalue weighted by Crippen LogP contribution is -2.28. The van der Waals surface area contributed by atoms with Gasteiger partial charge in [-0.05, 0) is 19.1 Å². The second-order valence-electron chi connectivity index (χ2n) is 6.23. The molecule has 0 aliphatic rings. The van der Waals surface area contributed by atoms with Gasteiger partial charge in [0.1, 0.15) is 18.4 Å². The van der Waals surface area contributed by atoms with Gasteiger partial charge in [-0.25, -0.2) is 10.1 Å². The lowest BCUT2D eigenvalue weighted by molar-refractivity contribution is -0.108. The molecule has 0 spiro atoms. The fourth-order valence-electron chi connectivity index (χ4n) is 2.56. The molecule has 1 aromatic carbocycles. The summed E-state index contributed by atoms with van der Waals surface area (Å²) < 4.78 is 25.8. The van der Waals surface area contributed by atoms with Crippen LogP contribution in [0, 0.1) is 0 Å². The van der Waals surface area contributed by atoms with Crippen molar-refractivity contribution in [3.63, 3.8) is 0 Å². The Morgan fingerprint density at radius 1 is 1.38 bits per heavy atom. The van der Waals surface area contributed by atoms with E-state index in [1.165, 1.54) is 6.33 Å². The minimum Gasteiger partial charge on any atom is -0.431 e. The predicted molar refractivity (Wildman–Crippen MR) is 107 cm³/mol. The van der Waals surface area contributed by atoms with Crippen molar-refractivity contribution < 1.29 is 18.6 Å². The SMILES string of the molecule is C[C@@H](C=O)NP(=O)(COCCn1cnc2c(=O)[nH]c(N)nc21)Oc1ccccc1. The molecule has 154 valence electrons. The third-order valence-electron chi connectivity index (χ3n) is 3.83. The highest BCUT2D eigenvalue weighted by atomic mass is 31.2. The third kappa shape index (κ3) is 5.29. The predicted octanol–water partition coefficient (Wildman–Crippen LogP) is 1.12. The quantitative estimate of drug-likeness (QED) is 0.249. The number of nitrogens with one attached hydrogen (secondary N) is 2. The van der Waals surface area contributed by atoms with Gasteiger partial charge in [0.05, 0.1) is 19.0 Å². The normalized spacial score (nSPS) is 14.4. The van der Waals surface area contributed by atoms with Crippen LogP contribution in [-0.2, 0) is 20.6 Å². The Morgan fingerprint density at radius 2 is 2.14 bits per heavy atom. The molecule has 11 nitrogen and oxygen atoms in total. The first kappa shape index (κ1) is 20.7. The highest BCUT2D eigenvalue weighted by Gasteiger charge is 2.27. The number of aromatic nitrogens is 4. The van der Waals surface area contributed by atoms with Crippen LogP contribution in [0.1, 0.15) is 6.92 Å². The van der Waals surface area contributed by atoms with Crippen LogP contribution in [-0.4, -0.2) is 44.8 Å². The largest absolute Gasteiger partial charge is 0.431 e. The van der Waals surface area contributed by atoms with Crippen LogP contribution in [0.5, 0.6) is 5.75 Å². The second kappa shape index (κ2) is 8.99. The van der Waals surface area contributed by atoms with E-state index in [-0.39, 0.29) is 24.4 Å². The molecule has 2 aromatic heterocycles. The Bertz CT molecular complexity index is 1080. The number of aromatic amines is 1. The Balaban J connectivity index is 1.65. The van der Waals surface area contributed by atoms with Crippen molar-refractivity contribution in [1.82, 2.24) is 24.6 Å². The second-order valence-corrected chi connectivity index (χ2v) is 8.28. The van der Waals surface area contributed by atoms with Crippen molar-refractivity contribution in [1.29, 1.82) is 0 Å². The molecule has 0 aliphatic carbocycles. The van der Waals surface area contributed by atoms with E-state index in [0.29, 0.717) is 24.2 Å². The summed E-state index contributed by atoms with van der Waals surface area (Å²) in [7, 11) is -3.50. The maximum Gasteiger partial charge on any atom is 0.342 e. The number of para-hydroxylation sites is 1. The molecule has 2 atom stereocenters. The molecule has 0 amide bonds. The van der Waals surface area contributed by atoms with E-state index >= 15 is 0 Å². The Kier molecular flexibility index (Phi) is 6.42. The van der Waals surface area contributed by atoms with Crippen molar-refractivity contribution in [2.45, 2.75) is 19.5 Å². The molecule has 3 aromatic rings. The summed E-state index contributed by atoms with van der Waals surface area (Å²) >= 11 is 0. The maximum absolute atomic E-state index is 13.1. The summed E-state index contributed by atoms with van der Waals surface area (Å²) in [5.74, 6) is 0.377. The molecule has 2 heterocycles. The zero-order chi connectivity index (χ0) is 20.9. The van der Waals surface area contributed by atoms with E-state index in [4.69, 9.17) is 15.0 Å². The molecular weight excluding hydrogens is 399 g/mol. The summed E-state index contributed by atoms with van der Waals surface area (Å²) in [4.78, 5) is 33.2. The number of imidazole rings is 1. The van der Waals surface area contributed by atoms with E-state index in [2.05, 4.69) is 20.0 Å². The molecule has 0 aliphatic heterocycles. The van der Waals surface area contributed by atoms with Gasteiger partial charge in [-0.15, -0.1) is 0 Å². The van der Waals surface area contributed by atoms with Gasteiger partial charge in [-0.1, -0.05) is 18.2 Å². The topological polar surface area (TPSA) is 154 Å². The summed E-state index contributed by atoms with van der Waals surface area (Å²) in [5.41, 5.74) is 5.63. The number of aldehydes is 1. The number of carbonyl (C=O) groups is 1. The fraction of sp³-hybridized carbons (Fsp3) is 0.294. The van der Waals surface area contributed by atoms with Crippen LogP contribution in [0.3, 0.4) is 0 Å². The Morgan fingerprint density at radius 3 is 2.86 bits per heavy atom. The summed E-state index contributed by atoms with van der Waals surface area (Å²) in [6, 6.07) is 7.93. The van der Waals surface area contributed by atoms with Gasteiger partial charge < -0.3 is 24.4 Å². The Labute approximate surface area is 165 Å². The Hall–Kier alpha value is -3.01. The lowest BCUT2D eigenvalue weighted by atomic mass is 10.3. The van der Waals surface area contributed by atoms with Gasteiger partial charge in [0, 0.05) is 6.54 Å². The number of hydrogen-bond donors (Lipinski definition) is 3. The molecule has 0 saturated carbocycles. The number of fused-ring (bicyclic) bond motifs is 1. The van der Waals surface area contributed by atoms with Crippen LogP contribution >= 0.6 is 7.52 Å². The van der Waals surface area contributed by atoms with Gasteiger partial charge >= 0.3 is 7.52 Å². The third-order valence-corrected chi connectivity index (χ3v) is 5.66. The average Bonchev–Trinajstić information content (AvgIpc) is 3.09. The number of H-pyrrole nitrogens is 1. The average molecular weight is 420 g/mol. The molecule has 0 fully saturated rings. The van der Waals surface area contributed by atoms with Gasteiger partial charge in [0.2, 0.25) is 5.95 Å². The van der Waals surface area contributed by atoms with Gasteiger partial charge in [0.25, 0.3) is 5.56 Å². The fourth-order valence-corrected chi connectivity index (χ4v) is 4.26. The number of nitrogens with two attached hydrogens (primary N) is 1. The number of nitrogen functional groups attached to an aromatic ring is 1. The molecule has 1 unspecified atom stereocenters. The first-order valence-electron chi connectivity index (χ1n) is 8.75. The van der Waals surface area contributed by atoms with Crippen LogP contribution in [0.4, 0.5) is 5.95 Å². The maximum atomic E-state index is 13.1. The van der Waals surface area contributed by atoms with Crippen LogP contribution < -0.4 is 20.9 Å². The molecule has 4 N–H and O–H groups in total. The van der Waals surface area contributed by atoms with E-state index < -0.39 is 19.1 Å². The summed E-state index contributed by atoms with van der Waals surface area (Å²) in [6.45, 7) is 2.00. The summed E-state index contributed by atoms with van der Waals surface area (Å²) in [5, 5.41) is 2.68. The van der Waals surface area contributed by atoms with Gasteiger partial charge in [0.15, 0.2) is 11.2 Å². The highest BCUT2D eigenvalue weighted by molar-refractivity contribution is 7.57. The number of ether oxygens (including phenoxy) is 1. The zero-order valence-electron chi connectivity index (χ0n) is 15.6. The van der Waals surface area contributed by atoms with Crippen LogP contribution in [0.15, 0.2) is 41.5 Å². The zero-order valence-corrected chi connectivity index (χ0v) is 16.5. The highest BCUT2D eigenvalue weighted by Crippen LogP contribution is 2.43. The van der Waals surface area contributed by atoms with E-state index in [0.717, 1.165) is 0 Å². The van der Waals surface area contributed by atoms with Crippen molar-refractivity contribution in [3.8, 4) is 5.75 Å². The van der Waals surface area contributed by atoms with Crippen LogP contribution in [0.25, 0.3) is 11.2 Å². The van der Waals surface area contributed by atoms with Crippen molar-refractivity contribution in [2.24, 2.45) is 0 Å². The number of carbonyl (C=O) groups excluding carboxylic acids is 1. The number of hydrogen-bond acceptors (Lipinski definition) is 8. The summed E-state index contributed by atoms with van der Waals surface area (Å²) in [6.07, 6.45) is 1.82. The molecule has 12 heteroatoms. The number of benzene rings is 1. The number of anilines is 1. The van der Waals surface area contributed by atoms with E-state index in [1.54, 1.807) is 41.8 Å². The molecule has 29 heavy (non-hydrogen) atoms. The van der Waals surface area contributed by atoms with E-state index in [9.17, 15) is 14.2 Å². The van der Waals surface area contributed by atoms with E-state index in [1.807, 2.05) is 0 Å². The first-order chi connectivity index (χ1) is 13.9. The lowest BCUT2D eigenvalue weighted by Gasteiger charge is -2.22. The van der Waals surface area contributed by atoms with Crippen molar-refractivity contribution in [2.75, 3.05) is 18.7 Å². The molecule has 0 saturated heterocycles. The standard InChI is InChI=1S/C17H21N6O5P/c1-12(9-24)22-29(26,28-13-5-3-2-4-6-13)11-27-8-7-23-10-19-14-15(23)20-17(18)21-16(14)25/h2-6,9-10,12H,7-8,11H2,1H3,(H,22,26)(H3,18,20,21,25)/t12-,29?/m0/s1. The minimum absolute atomic E-state index is 0.0158. The first-order valence-corrected chi connectivity index (χ1v) is 10.6. The number of rotatable bonds is 10. The van der Waals surface area contributed by atoms with Crippen molar-refractivity contribution in [3.05, 3.63) is 47.0 Å². The van der Waals surface area contributed by atoms with Gasteiger partial charge in [-0.3, -0.25) is 14.3 Å². The smallest absolute Gasteiger partial charge is 0.342 e. The van der Waals surface area contributed by atoms with Crippen molar-refractivity contribution >= 4 is 30.9 Å². The monoisotopic (exact) mass is 420 g/mol. The van der Waals surface area contributed by atoms with Crippen LogP contribution in [0.2, 0.25) is 0 Å². The molecule has 0 bridgehead atoms. The molecule has 0 radical (unpaired) electrons. The molecule has 3 rings (SSSR count). The minimum atomic E-state index is -3.50. The number of nitrogens with zero attached hydrogens (tertiary/aromatic N) is 3.